The van der Waals surface area contributed by atoms with E-state index in [1.54, 1.807) is 11.3 Å². The maximum atomic E-state index is 6.28. The van der Waals surface area contributed by atoms with Gasteiger partial charge in [0.25, 0.3) is 0 Å². The van der Waals surface area contributed by atoms with Gasteiger partial charge < -0.3 is 9.72 Å². The summed E-state index contributed by atoms with van der Waals surface area (Å²) in [5.74, 6) is 3.06. The van der Waals surface area contributed by atoms with E-state index in [1.165, 1.54) is 10.3 Å². The topological polar surface area (TPSA) is 92.4 Å². The van der Waals surface area contributed by atoms with Crippen molar-refractivity contribution in [1.29, 1.82) is 0 Å². The lowest BCUT2D eigenvalue weighted by Gasteiger charge is -2.17. The molecule has 5 heterocycles. The van der Waals surface area contributed by atoms with Crippen LogP contribution in [0.4, 0.5) is 0 Å². The van der Waals surface area contributed by atoms with Crippen molar-refractivity contribution in [3.8, 4) is 27.4 Å². The smallest absolute Gasteiger partial charge is 0.147 e. The van der Waals surface area contributed by atoms with Gasteiger partial charge in [0.2, 0.25) is 0 Å². The molecule has 7 nitrogen and oxygen atoms in total. The molecular weight excluding hydrogens is 492 g/mol. The third kappa shape index (κ3) is 3.01. The van der Waals surface area contributed by atoms with Crippen LogP contribution in [0.5, 0.6) is 5.75 Å². The molecule has 0 atom stereocenters. The lowest BCUT2D eigenvalue weighted by atomic mass is 9.99. The Morgan fingerprint density at radius 1 is 0.974 bits per heavy atom. The molecule has 1 aliphatic rings. The fourth-order valence-corrected chi connectivity index (χ4v) is 6.69. The molecule has 0 bridgehead atoms. The van der Waals surface area contributed by atoms with E-state index in [0.717, 1.165) is 83.6 Å². The first-order valence-electron chi connectivity index (χ1n) is 12.9. The largest absolute Gasteiger partial charge is 0.485 e. The predicted molar refractivity (Wildman–Crippen MR) is 153 cm³/mol. The first-order valence-corrected chi connectivity index (χ1v) is 13.7. The molecule has 3 aromatic carbocycles. The van der Waals surface area contributed by atoms with Crippen molar-refractivity contribution in [2.45, 2.75) is 39.7 Å². The Balaban J connectivity index is 1.33. The molecular formula is C30H24N6OS. The van der Waals surface area contributed by atoms with Crippen LogP contribution < -0.4 is 4.74 Å². The monoisotopic (exact) mass is 516 g/mol. The summed E-state index contributed by atoms with van der Waals surface area (Å²) in [6.45, 7) is 6.88. The first-order chi connectivity index (χ1) is 18.6. The molecule has 4 aromatic heterocycles. The Morgan fingerprint density at radius 3 is 2.68 bits per heavy atom. The second kappa shape index (κ2) is 7.85. The minimum atomic E-state index is 0.257. The number of aryl methyl sites for hydroxylation is 1. The average molecular weight is 517 g/mol. The van der Waals surface area contributed by atoms with Crippen molar-refractivity contribution in [2.75, 3.05) is 0 Å². The third-order valence-electron chi connectivity index (χ3n) is 7.49. The van der Waals surface area contributed by atoms with Crippen molar-refractivity contribution < 1.29 is 4.74 Å². The maximum Gasteiger partial charge on any atom is 0.147 e. The number of hydrogen-bond acceptors (Lipinski definition) is 6. The number of thiophene rings is 1. The van der Waals surface area contributed by atoms with Crippen LogP contribution in [0, 0.1) is 0 Å². The van der Waals surface area contributed by atoms with Crippen LogP contribution in [0.2, 0.25) is 0 Å². The highest BCUT2D eigenvalue weighted by Gasteiger charge is 2.25. The minimum absolute atomic E-state index is 0.257. The fourth-order valence-electron chi connectivity index (χ4n) is 5.54. The van der Waals surface area contributed by atoms with Gasteiger partial charge in [0.15, 0.2) is 0 Å². The molecule has 0 saturated carbocycles. The number of nitrogens with one attached hydrogen (secondary N) is 2. The molecule has 0 radical (unpaired) electrons. The number of hydrogen-bond donors (Lipinski definition) is 2. The number of nitrogens with zero attached hydrogens (tertiary/aromatic N) is 4. The van der Waals surface area contributed by atoms with E-state index in [2.05, 4.69) is 72.4 Å². The van der Waals surface area contributed by atoms with Gasteiger partial charge in [0.05, 0.1) is 27.8 Å². The van der Waals surface area contributed by atoms with Gasteiger partial charge >= 0.3 is 0 Å². The molecule has 0 spiro atoms. The lowest BCUT2D eigenvalue weighted by molar-refractivity contribution is 0.302. The van der Waals surface area contributed by atoms with E-state index < -0.39 is 0 Å². The molecule has 0 aliphatic carbocycles. The van der Waals surface area contributed by atoms with Crippen molar-refractivity contribution >= 4 is 54.0 Å². The van der Waals surface area contributed by atoms with Crippen LogP contribution in [-0.2, 0) is 13.0 Å². The van der Waals surface area contributed by atoms with Gasteiger partial charge in [-0.15, -0.1) is 11.3 Å². The molecule has 0 amide bonds. The third-order valence-corrected chi connectivity index (χ3v) is 8.68. The van der Waals surface area contributed by atoms with Crippen LogP contribution in [-0.4, -0.2) is 30.1 Å². The van der Waals surface area contributed by atoms with Crippen LogP contribution in [0.1, 0.15) is 44.0 Å². The zero-order valence-corrected chi connectivity index (χ0v) is 22.0. The van der Waals surface area contributed by atoms with Crippen molar-refractivity contribution in [3.63, 3.8) is 0 Å². The van der Waals surface area contributed by atoms with Crippen molar-refractivity contribution in [1.82, 2.24) is 30.1 Å². The normalized spacial score (nSPS) is 13.1. The Morgan fingerprint density at radius 2 is 1.84 bits per heavy atom. The number of imidazole rings is 2. The molecule has 0 unspecified atom stereocenters. The van der Waals surface area contributed by atoms with Crippen molar-refractivity contribution in [3.05, 3.63) is 66.1 Å². The molecule has 186 valence electrons. The Kier molecular flexibility index (Phi) is 4.49. The van der Waals surface area contributed by atoms with E-state index in [1.807, 2.05) is 12.4 Å². The summed E-state index contributed by atoms with van der Waals surface area (Å²) in [6.07, 6.45) is 4.70. The van der Waals surface area contributed by atoms with Gasteiger partial charge in [0, 0.05) is 45.1 Å². The van der Waals surface area contributed by atoms with Gasteiger partial charge in [-0.25, -0.2) is 15.0 Å². The Hall–Kier alpha value is -4.30. The number of fused-ring (bicyclic) bond motifs is 11. The molecule has 0 fully saturated rings. The van der Waals surface area contributed by atoms with Crippen LogP contribution in [0.25, 0.3) is 64.4 Å². The average Bonchev–Trinajstić information content (AvgIpc) is 3.69. The molecule has 7 aromatic rings. The zero-order chi connectivity index (χ0) is 25.5. The number of benzene rings is 3. The Labute approximate surface area is 221 Å². The second-order valence-electron chi connectivity index (χ2n) is 10.2. The van der Waals surface area contributed by atoms with Gasteiger partial charge in [-0.05, 0) is 34.5 Å². The van der Waals surface area contributed by atoms with Crippen LogP contribution in [0.3, 0.4) is 0 Å². The molecule has 0 saturated heterocycles. The summed E-state index contributed by atoms with van der Waals surface area (Å²) in [4.78, 5) is 19.2. The van der Waals surface area contributed by atoms with Gasteiger partial charge in [-0.1, -0.05) is 39.0 Å². The molecule has 8 rings (SSSR count). The van der Waals surface area contributed by atoms with Gasteiger partial charge in [0.1, 0.15) is 29.5 Å². The summed E-state index contributed by atoms with van der Waals surface area (Å²) in [7, 11) is 0. The van der Waals surface area contributed by atoms with Gasteiger partial charge in [-0.2, -0.15) is 5.10 Å². The number of aromatic nitrogens is 6. The highest BCUT2D eigenvalue weighted by atomic mass is 32.1. The molecule has 2 N–H and O–H groups in total. The standard InChI is InChI=1S/C30H24N6OS/c1-4-24-33-22-13-37-28-18(25(22)34-24)8-6-16-10-23(38-29(16)28)15-5-7-17-19(9-15)20-11-31-32-12-21(20)27-26(17)35-30(36-27)14(2)3/h5-12,14,31H,4,13H2,1-3H3,(H,33,34). The summed E-state index contributed by atoms with van der Waals surface area (Å²) in [5, 5.41) is 12.9. The molecule has 8 heteroatoms. The zero-order valence-electron chi connectivity index (χ0n) is 21.2. The van der Waals surface area contributed by atoms with E-state index in [0.29, 0.717) is 6.61 Å². The van der Waals surface area contributed by atoms with E-state index in [-0.39, 0.29) is 5.92 Å². The number of H-pyrrole nitrogens is 2. The summed E-state index contributed by atoms with van der Waals surface area (Å²) < 4.78 is 7.44. The Bertz CT molecular complexity index is 2060. The number of ether oxygens (including phenoxy) is 1. The fraction of sp³-hybridized carbons (Fsp3) is 0.200. The first kappa shape index (κ1) is 21.8. The van der Waals surface area contributed by atoms with E-state index in [4.69, 9.17) is 19.7 Å². The molecule has 1 aliphatic heterocycles. The quantitative estimate of drug-likeness (QED) is 0.237. The van der Waals surface area contributed by atoms with Crippen LogP contribution in [0.15, 0.2) is 48.8 Å². The van der Waals surface area contributed by atoms with E-state index >= 15 is 0 Å². The summed E-state index contributed by atoms with van der Waals surface area (Å²) >= 11 is 1.77. The highest BCUT2D eigenvalue weighted by Crippen LogP contribution is 2.47. The highest BCUT2D eigenvalue weighted by molar-refractivity contribution is 7.22. The SMILES string of the molecule is CCc1nc2c([nH]1)COc1c-2ccc2cc(-c3ccc4c(c3)c3c[nH]ncc3c3nc(C(C)C)nc43)sc12. The summed E-state index contributed by atoms with van der Waals surface area (Å²) in [5.41, 5.74) is 6.16. The second-order valence-corrected chi connectivity index (χ2v) is 11.2. The molecule has 38 heavy (non-hydrogen) atoms. The van der Waals surface area contributed by atoms with Crippen LogP contribution >= 0.6 is 11.3 Å². The predicted octanol–water partition coefficient (Wildman–Crippen LogP) is 7.51. The lowest BCUT2D eigenvalue weighted by Crippen LogP contribution is -2.05. The number of rotatable bonds is 3. The number of aromatic amines is 2. The van der Waals surface area contributed by atoms with Crippen molar-refractivity contribution in [2.24, 2.45) is 0 Å². The maximum absolute atomic E-state index is 6.28. The summed E-state index contributed by atoms with van der Waals surface area (Å²) in [6, 6.07) is 13.2. The van der Waals surface area contributed by atoms with E-state index in [9.17, 15) is 0 Å². The van der Waals surface area contributed by atoms with Gasteiger partial charge in [-0.3, -0.25) is 5.10 Å². The minimum Gasteiger partial charge on any atom is -0.485 e.